The standard InChI is InChI=1S/C14H16N4OS/c19-13(17-8-10-3-1-5-15-7-10)12-9-20-14(18-12)11-4-2-6-16-11/h1,3,5,7,9,11,16H,2,4,6,8H2,(H,17,19). The summed E-state index contributed by atoms with van der Waals surface area (Å²) in [4.78, 5) is 20.5. The number of aromatic nitrogens is 2. The third-order valence-electron chi connectivity index (χ3n) is 3.29. The molecule has 0 aromatic carbocycles. The molecule has 20 heavy (non-hydrogen) atoms. The molecular weight excluding hydrogens is 272 g/mol. The molecule has 1 aliphatic rings. The monoisotopic (exact) mass is 288 g/mol. The smallest absolute Gasteiger partial charge is 0.271 e. The van der Waals surface area contributed by atoms with Crippen LogP contribution in [0.5, 0.6) is 0 Å². The molecule has 1 aliphatic heterocycles. The van der Waals surface area contributed by atoms with E-state index < -0.39 is 0 Å². The summed E-state index contributed by atoms with van der Waals surface area (Å²) in [5, 5.41) is 9.09. The van der Waals surface area contributed by atoms with Crippen LogP contribution in [-0.4, -0.2) is 22.4 Å². The second kappa shape index (κ2) is 6.11. The van der Waals surface area contributed by atoms with Gasteiger partial charge in [-0.3, -0.25) is 9.78 Å². The van der Waals surface area contributed by atoms with E-state index in [4.69, 9.17) is 0 Å². The summed E-state index contributed by atoms with van der Waals surface area (Å²) < 4.78 is 0. The number of hydrogen-bond donors (Lipinski definition) is 2. The van der Waals surface area contributed by atoms with Crippen LogP contribution in [0.15, 0.2) is 29.9 Å². The number of nitrogens with one attached hydrogen (secondary N) is 2. The summed E-state index contributed by atoms with van der Waals surface area (Å²) in [6.45, 7) is 1.51. The molecule has 1 unspecified atom stereocenters. The molecule has 6 heteroatoms. The first-order valence-corrected chi connectivity index (χ1v) is 7.57. The molecule has 5 nitrogen and oxygen atoms in total. The van der Waals surface area contributed by atoms with Crippen LogP contribution in [0.25, 0.3) is 0 Å². The van der Waals surface area contributed by atoms with Crippen LogP contribution in [0, 0.1) is 0 Å². The van der Waals surface area contributed by atoms with Crippen molar-refractivity contribution in [1.29, 1.82) is 0 Å². The van der Waals surface area contributed by atoms with Gasteiger partial charge in [-0.2, -0.15) is 0 Å². The Bertz CT molecular complexity index is 578. The highest BCUT2D eigenvalue weighted by Gasteiger charge is 2.20. The molecule has 0 spiro atoms. The molecule has 0 aliphatic carbocycles. The van der Waals surface area contributed by atoms with E-state index in [1.807, 2.05) is 17.5 Å². The van der Waals surface area contributed by atoms with Crippen molar-refractivity contribution in [3.05, 3.63) is 46.2 Å². The van der Waals surface area contributed by atoms with E-state index in [1.165, 1.54) is 6.42 Å². The molecule has 104 valence electrons. The van der Waals surface area contributed by atoms with E-state index in [-0.39, 0.29) is 5.91 Å². The third-order valence-corrected chi connectivity index (χ3v) is 4.25. The maximum absolute atomic E-state index is 12.0. The van der Waals surface area contributed by atoms with Gasteiger partial charge in [0.2, 0.25) is 0 Å². The minimum absolute atomic E-state index is 0.130. The minimum atomic E-state index is -0.130. The number of amides is 1. The van der Waals surface area contributed by atoms with Crippen LogP contribution >= 0.6 is 11.3 Å². The molecule has 1 atom stereocenters. The average Bonchev–Trinajstić information content (AvgIpc) is 3.16. The molecule has 1 fully saturated rings. The van der Waals surface area contributed by atoms with E-state index >= 15 is 0 Å². The van der Waals surface area contributed by atoms with Crippen LogP contribution < -0.4 is 10.6 Å². The van der Waals surface area contributed by atoms with Crippen molar-refractivity contribution in [3.8, 4) is 0 Å². The van der Waals surface area contributed by atoms with Crippen LogP contribution in [0.3, 0.4) is 0 Å². The first-order chi connectivity index (χ1) is 9.83. The zero-order valence-corrected chi connectivity index (χ0v) is 11.8. The molecule has 3 rings (SSSR count). The minimum Gasteiger partial charge on any atom is -0.347 e. The fourth-order valence-corrected chi connectivity index (χ4v) is 3.13. The Morgan fingerprint density at radius 3 is 3.25 bits per heavy atom. The number of pyridine rings is 1. The summed E-state index contributed by atoms with van der Waals surface area (Å²) in [7, 11) is 0. The van der Waals surface area contributed by atoms with Gasteiger partial charge in [0.25, 0.3) is 5.91 Å². The van der Waals surface area contributed by atoms with Crippen molar-refractivity contribution in [2.45, 2.75) is 25.4 Å². The Hall–Kier alpha value is -1.79. The first kappa shape index (κ1) is 13.2. The van der Waals surface area contributed by atoms with Crippen LogP contribution in [0.1, 0.15) is 39.9 Å². The fourth-order valence-electron chi connectivity index (χ4n) is 2.22. The van der Waals surface area contributed by atoms with Gasteiger partial charge in [-0.1, -0.05) is 6.07 Å². The predicted octanol–water partition coefficient (Wildman–Crippen LogP) is 1.89. The molecule has 2 aromatic rings. The number of nitrogens with zero attached hydrogens (tertiary/aromatic N) is 2. The highest BCUT2D eigenvalue weighted by atomic mass is 32.1. The highest BCUT2D eigenvalue weighted by Crippen LogP contribution is 2.25. The SMILES string of the molecule is O=C(NCc1cccnc1)c1csc(C2CCCN2)n1. The zero-order valence-electron chi connectivity index (χ0n) is 11.0. The molecule has 0 radical (unpaired) electrons. The lowest BCUT2D eigenvalue weighted by Gasteiger charge is -2.05. The molecule has 2 aromatic heterocycles. The van der Waals surface area contributed by atoms with Crippen LogP contribution in [0.2, 0.25) is 0 Å². The normalized spacial score (nSPS) is 18.1. The summed E-state index contributed by atoms with van der Waals surface area (Å²) in [5.74, 6) is -0.130. The Morgan fingerprint density at radius 2 is 2.50 bits per heavy atom. The van der Waals surface area contributed by atoms with Crippen molar-refractivity contribution in [3.63, 3.8) is 0 Å². The van der Waals surface area contributed by atoms with Gasteiger partial charge in [-0.05, 0) is 31.0 Å². The molecule has 2 N–H and O–H groups in total. The number of carbonyl (C=O) groups excluding carboxylic acids is 1. The second-order valence-corrected chi connectivity index (χ2v) is 5.65. The van der Waals surface area contributed by atoms with Gasteiger partial charge >= 0.3 is 0 Å². The number of rotatable bonds is 4. The van der Waals surface area contributed by atoms with Crippen molar-refractivity contribution < 1.29 is 4.79 Å². The van der Waals surface area contributed by atoms with Crippen molar-refractivity contribution in [2.24, 2.45) is 0 Å². The Kier molecular flexibility index (Phi) is 4.03. The number of carbonyl (C=O) groups is 1. The molecular formula is C14H16N4OS. The van der Waals surface area contributed by atoms with Crippen LogP contribution in [0.4, 0.5) is 0 Å². The van der Waals surface area contributed by atoms with Crippen molar-refractivity contribution in [1.82, 2.24) is 20.6 Å². The molecule has 3 heterocycles. The average molecular weight is 288 g/mol. The molecule has 0 bridgehead atoms. The molecule has 1 amide bonds. The van der Waals surface area contributed by atoms with E-state index in [2.05, 4.69) is 20.6 Å². The number of hydrogen-bond acceptors (Lipinski definition) is 5. The van der Waals surface area contributed by atoms with E-state index in [1.54, 1.807) is 23.7 Å². The van der Waals surface area contributed by atoms with Crippen molar-refractivity contribution >= 4 is 17.2 Å². The second-order valence-electron chi connectivity index (χ2n) is 4.76. The quantitative estimate of drug-likeness (QED) is 0.901. The van der Waals surface area contributed by atoms with E-state index in [0.29, 0.717) is 18.3 Å². The predicted molar refractivity (Wildman–Crippen MR) is 77.5 cm³/mol. The Balaban J connectivity index is 1.59. The fraction of sp³-hybridized carbons (Fsp3) is 0.357. The number of thiazole rings is 1. The van der Waals surface area contributed by atoms with Gasteiger partial charge in [0.05, 0.1) is 6.04 Å². The van der Waals surface area contributed by atoms with Crippen molar-refractivity contribution in [2.75, 3.05) is 6.54 Å². The lowest BCUT2D eigenvalue weighted by molar-refractivity contribution is 0.0946. The molecule has 0 saturated carbocycles. The van der Waals surface area contributed by atoms with Crippen LogP contribution in [-0.2, 0) is 6.54 Å². The van der Waals surface area contributed by atoms with Gasteiger partial charge in [0.15, 0.2) is 0 Å². The van der Waals surface area contributed by atoms with Gasteiger partial charge in [-0.15, -0.1) is 11.3 Å². The van der Waals surface area contributed by atoms with E-state index in [9.17, 15) is 4.79 Å². The lowest BCUT2D eigenvalue weighted by Crippen LogP contribution is -2.23. The van der Waals surface area contributed by atoms with Gasteiger partial charge in [0.1, 0.15) is 10.7 Å². The summed E-state index contributed by atoms with van der Waals surface area (Å²) in [6.07, 6.45) is 5.73. The first-order valence-electron chi connectivity index (χ1n) is 6.69. The molecule has 1 saturated heterocycles. The zero-order chi connectivity index (χ0) is 13.8. The topological polar surface area (TPSA) is 66.9 Å². The van der Waals surface area contributed by atoms with Gasteiger partial charge < -0.3 is 10.6 Å². The lowest BCUT2D eigenvalue weighted by atomic mass is 10.2. The third kappa shape index (κ3) is 3.02. The van der Waals surface area contributed by atoms with Gasteiger partial charge in [-0.25, -0.2) is 4.98 Å². The maximum Gasteiger partial charge on any atom is 0.271 e. The Morgan fingerprint density at radius 1 is 1.55 bits per heavy atom. The van der Waals surface area contributed by atoms with Gasteiger partial charge in [0, 0.05) is 24.3 Å². The van der Waals surface area contributed by atoms with E-state index in [0.717, 1.165) is 23.5 Å². The summed E-state index contributed by atoms with van der Waals surface area (Å²) >= 11 is 1.55. The summed E-state index contributed by atoms with van der Waals surface area (Å²) in [5.41, 5.74) is 1.48. The highest BCUT2D eigenvalue weighted by molar-refractivity contribution is 7.09. The Labute approximate surface area is 121 Å². The largest absolute Gasteiger partial charge is 0.347 e. The summed E-state index contributed by atoms with van der Waals surface area (Å²) in [6, 6.07) is 4.11. The maximum atomic E-state index is 12.0.